The van der Waals surface area contributed by atoms with Crippen molar-refractivity contribution in [1.82, 2.24) is 58.5 Å². The van der Waals surface area contributed by atoms with E-state index in [1.54, 1.807) is 18.2 Å². The number of hydrogen-bond acceptors (Lipinski definition) is 18. The Kier molecular flexibility index (Phi) is 28.5. The van der Waals surface area contributed by atoms with Crippen LogP contribution < -0.4 is 87.2 Å². The third-order valence-corrected chi connectivity index (χ3v) is 13.3. The van der Waals surface area contributed by atoms with Gasteiger partial charge in [0.05, 0.1) is 12.2 Å². The Balaban J connectivity index is 2.83. The zero-order valence-electron chi connectivity index (χ0n) is 55.4. The summed E-state index contributed by atoms with van der Waals surface area (Å²) >= 11 is 0. The van der Waals surface area contributed by atoms with E-state index in [2.05, 4.69) is 58.5 Å². The molecule has 12 atom stereocenters. The molecule has 1 heterocycles. The third kappa shape index (κ3) is 26.4. The number of nitrogens with two attached hydrogens (primary N) is 5. The molecule has 474 valence electrons. The van der Waals surface area contributed by atoms with Gasteiger partial charge in [0.2, 0.25) is 65.0 Å². The first-order valence-electron chi connectivity index (χ1n) is 31.8. The molecule has 1 saturated heterocycles. The fourth-order valence-corrected chi connectivity index (χ4v) is 8.69. The highest BCUT2D eigenvalue weighted by Gasteiger charge is 2.37. The highest BCUT2D eigenvalue weighted by atomic mass is 16.3. The molecule has 0 aromatic heterocycles. The summed E-state index contributed by atoms with van der Waals surface area (Å²) in [6, 6.07) is -9.57. The minimum atomic E-state index is -3.67. The van der Waals surface area contributed by atoms with Crippen molar-refractivity contribution in [2.45, 2.75) is 191 Å². The van der Waals surface area contributed by atoms with Gasteiger partial charge in [0.25, 0.3) is 0 Å². The molecule has 0 saturated carbocycles. The Labute approximate surface area is 501 Å². The summed E-state index contributed by atoms with van der Waals surface area (Å²) in [6.45, 7) is -2.85. The molecular formula is C55H96N16O13. The van der Waals surface area contributed by atoms with E-state index >= 15 is 0 Å². The lowest BCUT2D eigenvalue weighted by Gasteiger charge is -2.29. The molecule has 1 fully saturated rings. The molecule has 2 rings (SSSR count). The number of unbranched alkanes of at least 4 members (excludes halogenated alkanes) is 1. The van der Waals surface area contributed by atoms with Gasteiger partial charge >= 0.3 is 0 Å². The third-order valence-electron chi connectivity index (χ3n) is 13.3. The van der Waals surface area contributed by atoms with Gasteiger partial charge in [-0.25, -0.2) is 0 Å². The minimum absolute atomic E-state index is 0.0582. The van der Waals surface area contributed by atoms with Gasteiger partial charge in [-0.3, -0.25) is 52.7 Å². The van der Waals surface area contributed by atoms with Gasteiger partial charge in [-0.15, -0.1) is 0 Å². The van der Waals surface area contributed by atoms with Crippen LogP contribution in [-0.4, -0.2) is 187 Å². The van der Waals surface area contributed by atoms with Gasteiger partial charge in [-0.05, 0) is 115 Å². The molecule has 11 amide bonds. The van der Waals surface area contributed by atoms with Gasteiger partial charge in [-0.1, -0.05) is 70.7 Å². The van der Waals surface area contributed by atoms with Crippen LogP contribution in [-0.2, 0) is 59.2 Å². The number of carbonyl (C=O) groups is 11. The Hall–Kier alpha value is -6.89. The van der Waals surface area contributed by atoms with E-state index in [-0.39, 0.29) is 58.4 Å². The molecule has 1 aromatic rings. The van der Waals surface area contributed by atoms with Crippen molar-refractivity contribution in [3.05, 3.63) is 35.9 Å². The lowest BCUT2D eigenvalue weighted by molar-refractivity contribution is -0.137. The molecule has 84 heavy (non-hydrogen) atoms. The maximum atomic E-state index is 14.7. The topological polar surface area (TPSA) is 491 Å². The highest BCUT2D eigenvalue weighted by Crippen LogP contribution is 2.12. The molecule has 1 aromatic carbocycles. The van der Waals surface area contributed by atoms with Gasteiger partial charge in [0.15, 0.2) is 0 Å². The zero-order valence-corrected chi connectivity index (χ0v) is 48.4. The molecule has 1 aliphatic rings. The molecule has 29 nitrogen and oxygen atoms in total. The van der Waals surface area contributed by atoms with Gasteiger partial charge in [0.1, 0.15) is 60.4 Å². The monoisotopic (exact) mass is 1200 g/mol. The van der Waals surface area contributed by atoms with Crippen LogP contribution in [0.4, 0.5) is 0 Å². The Morgan fingerprint density at radius 2 is 1.10 bits per heavy atom. The molecule has 0 radical (unpaired) electrons. The van der Waals surface area contributed by atoms with Gasteiger partial charge in [-0.2, -0.15) is 0 Å². The van der Waals surface area contributed by atoms with Crippen LogP contribution in [0, 0.1) is 11.8 Å². The van der Waals surface area contributed by atoms with Crippen LogP contribution in [0.2, 0.25) is 0 Å². The molecule has 0 bridgehead atoms. The van der Waals surface area contributed by atoms with Gasteiger partial charge < -0.3 is 97.4 Å². The van der Waals surface area contributed by atoms with E-state index < -0.39 is 196 Å². The van der Waals surface area contributed by atoms with Crippen molar-refractivity contribution in [2.24, 2.45) is 40.5 Å². The van der Waals surface area contributed by atoms with Crippen molar-refractivity contribution in [1.29, 1.82) is 0 Å². The summed E-state index contributed by atoms with van der Waals surface area (Å²) in [5.41, 5.74) is 29.6. The van der Waals surface area contributed by atoms with E-state index in [9.17, 15) is 63.0 Å². The number of hydrogen-bond donors (Lipinski definition) is 18. The standard InChI is InChI=1S/C55H96N16O13/c1-30(2)12-10-11-15-43(74)62-35(16-22-56)50(79)71-45(33(6)73)55(84)67-38(19-25-59)47(76)66-40-21-27-61-54(83)44(32(5)72)70-51(80)39(20-26-60)64-46(75)36(17-23-57)65-52(81)41(28-31(3)4)68-53(82)42(29-34-13-8-7-9-14-34)69-48(77)37(18-24-58)63-49(40)78/h7-9,13-14,30-33,35-42,44-45,72-73H,10-12,15-29,56-60H2,1-6H3,(H,61,83)(H,62,74)(H,63,78)(H,64,75)(H,65,81)(H,66,76)(H,67,84)(H,68,82)(H,69,77)(H,70,80)(H,71,79)/t32-,33-,35+,36+,37+,38+,39+,40+,41+,42-,44+,45+/m1/s1/i3D3,4D3,31D. The first-order valence-corrected chi connectivity index (χ1v) is 28.3. The van der Waals surface area contributed by atoms with E-state index in [1.165, 1.54) is 12.1 Å². The highest BCUT2D eigenvalue weighted by molar-refractivity contribution is 5.99. The normalized spacial score (nSPS) is 24.4. The van der Waals surface area contributed by atoms with Crippen LogP contribution in [0.15, 0.2) is 30.3 Å². The summed E-state index contributed by atoms with van der Waals surface area (Å²) in [4.78, 5) is 155. The Bertz CT molecular complexity index is 2560. The van der Waals surface area contributed by atoms with Crippen LogP contribution in [0.1, 0.15) is 127 Å². The van der Waals surface area contributed by atoms with Crippen LogP contribution in [0.25, 0.3) is 0 Å². The largest absolute Gasteiger partial charge is 0.391 e. The molecule has 0 unspecified atom stereocenters. The second-order valence-corrected chi connectivity index (χ2v) is 21.0. The zero-order chi connectivity index (χ0) is 69.0. The first-order chi connectivity index (χ1) is 42.6. The van der Waals surface area contributed by atoms with Crippen molar-refractivity contribution < 1.29 is 72.5 Å². The number of aliphatic hydroxyl groups is 2. The molecular weight excluding hydrogens is 1090 g/mol. The lowest BCUT2D eigenvalue weighted by atomic mass is 10.00. The maximum Gasteiger partial charge on any atom is 0.245 e. The van der Waals surface area contributed by atoms with Crippen LogP contribution in [0.5, 0.6) is 0 Å². The second-order valence-electron chi connectivity index (χ2n) is 21.0. The second kappa shape index (κ2) is 38.9. The fraction of sp³-hybridized carbons (Fsp3) is 0.691. The lowest BCUT2D eigenvalue weighted by Crippen LogP contribution is -2.62. The van der Waals surface area contributed by atoms with Crippen molar-refractivity contribution in [3.63, 3.8) is 0 Å². The number of aliphatic hydroxyl groups excluding tert-OH is 2. The van der Waals surface area contributed by atoms with E-state index in [0.29, 0.717) is 17.9 Å². The summed E-state index contributed by atoms with van der Waals surface area (Å²) in [7, 11) is 0. The van der Waals surface area contributed by atoms with E-state index in [1.807, 2.05) is 13.8 Å². The number of benzene rings is 1. The molecule has 23 N–H and O–H groups in total. The number of carbonyl (C=O) groups excluding carboxylic acids is 11. The molecule has 1 aliphatic heterocycles. The SMILES string of the molecule is [2H]C([2H])([2H])C([2H])(C[C@@H]1NC(=O)[C@@H](Cc2ccccc2)NC(=O)[C@H](CCN)NC(=O)[C@@H](NC(=O)[C@H](CCN)NC(=O)[C@@H](NC(=O)[C@H](CCN)NC(=O)CCCCC(C)C)[C@@H](C)O)CCNC(=O)[C@H]([C@@H](C)O)NC(=O)[C@H](CCN)NC(=O)[C@H](CCN)NC1=O)C([2H])([2H])[2H]. The average molecular weight is 1200 g/mol. The van der Waals surface area contributed by atoms with E-state index in [4.69, 9.17) is 38.3 Å². The number of nitrogens with one attached hydrogen (secondary N) is 11. The Morgan fingerprint density at radius 3 is 1.61 bits per heavy atom. The molecule has 0 aliphatic carbocycles. The summed E-state index contributed by atoms with van der Waals surface area (Å²) in [5, 5.41) is 48.1. The van der Waals surface area contributed by atoms with Crippen molar-refractivity contribution >= 4 is 65.0 Å². The van der Waals surface area contributed by atoms with Crippen LogP contribution in [0.3, 0.4) is 0 Å². The van der Waals surface area contributed by atoms with E-state index in [0.717, 1.165) is 26.7 Å². The van der Waals surface area contributed by atoms with Crippen molar-refractivity contribution in [2.75, 3.05) is 39.3 Å². The predicted molar refractivity (Wildman–Crippen MR) is 312 cm³/mol. The molecule has 0 spiro atoms. The summed E-state index contributed by atoms with van der Waals surface area (Å²) in [5.74, 6) is -15.0. The van der Waals surface area contributed by atoms with Gasteiger partial charge in [0, 0.05) is 29.0 Å². The predicted octanol–water partition coefficient (Wildman–Crippen LogP) is -5.63. The fourth-order valence-electron chi connectivity index (χ4n) is 8.69. The maximum absolute atomic E-state index is 14.7. The number of rotatable bonds is 28. The van der Waals surface area contributed by atoms with Crippen LogP contribution >= 0.6 is 0 Å². The first kappa shape index (κ1) is 61.7. The van der Waals surface area contributed by atoms with Crippen molar-refractivity contribution in [3.8, 4) is 0 Å². The summed E-state index contributed by atoms with van der Waals surface area (Å²) in [6.07, 6.45) is -5.01. The number of amides is 11. The molecule has 29 heteroatoms. The summed E-state index contributed by atoms with van der Waals surface area (Å²) < 4.78 is 57.5. The minimum Gasteiger partial charge on any atom is -0.391 e. The smallest absolute Gasteiger partial charge is 0.245 e. The quantitative estimate of drug-likeness (QED) is 0.0348. The average Bonchev–Trinajstić information content (AvgIpc) is 0.803. The Morgan fingerprint density at radius 1 is 0.595 bits per heavy atom.